The maximum atomic E-state index is 13.3. The second-order valence-electron chi connectivity index (χ2n) is 4.73. The van der Waals surface area contributed by atoms with Crippen LogP contribution in [0.1, 0.15) is 20.3 Å². The number of carbonyl (C=O) groups excluding carboxylic acids is 1. The van der Waals surface area contributed by atoms with Crippen molar-refractivity contribution >= 4 is 11.7 Å². The summed E-state index contributed by atoms with van der Waals surface area (Å²) >= 11 is 0. The van der Waals surface area contributed by atoms with Gasteiger partial charge in [0.15, 0.2) is 0 Å². The molecule has 1 rings (SSSR count). The van der Waals surface area contributed by atoms with Crippen molar-refractivity contribution in [1.82, 2.24) is 5.32 Å². The van der Waals surface area contributed by atoms with Gasteiger partial charge < -0.3 is 15.7 Å². The van der Waals surface area contributed by atoms with E-state index in [1.54, 1.807) is 0 Å². The van der Waals surface area contributed by atoms with Crippen molar-refractivity contribution in [3.63, 3.8) is 0 Å². The standard InChI is InChI=1S/C13H18F2N2O2/c1-8(2)5-10(7-18)16-13(19)17-12-4-3-9(14)6-11(12)15/h3-4,6,8,10,18H,5,7H2,1-2H3,(H2,16,17,19). The van der Waals surface area contributed by atoms with Gasteiger partial charge in [0, 0.05) is 6.07 Å². The molecule has 0 fully saturated rings. The zero-order valence-electron chi connectivity index (χ0n) is 10.9. The van der Waals surface area contributed by atoms with Crippen molar-refractivity contribution in [2.24, 2.45) is 5.92 Å². The highest BCUT2D eigenvalue weighted by atomic mass is 19.1. The zero-order valence-corrected chi connectivity index (χ0v) is 10.9. The minimum Gasteiger partial charge on any atom is -0.394 e. The third kappa shape index (κ3) is 5.21. The zero-order chi connectivity index (χ0) is 14.4. The van der Waals surface area contributed by atoms with Gasteiger partial charge in [0.05, 0.1) is 18.3 Å². The number of aliphatic hydroxyl groups is 1. The molecule has 0 aromatic heterocycles. The highest BCUT2D eigenvalue weighted by Crippen LogP contribution is 2.14. The van der Waals surface area contributed by atoms with Crippen LogP contribution < -0.4 is 10.6 Å². The van der Waals surface area contributed by atoms with E-state index in [1.807, 2.05) is 13.8 Å². The van der Waals surface area contributed by atoms with Crippen molar-refractivity contribution < 1.29 is 18.7 Å². The summed E-state index contributed by atoms with van der Waals surface area (Å²) in [7, 11) is 0. The lowest BCUT2D eigenvalue weighted by atomic mass is 10.0. The van der Waals surface area contributed by atoms with Crippen LogP contribution in [0, 0.1) is 17.6 Å². The molecule has 0 aliphatic carbocycles. The molecule has 4 nitrogen and oxygen atoms in total. The summed E-state index contributed by atoms with van der Waals surface area (Å²) in [4.78, 5) is 11.6. The van der Waals surface area contributed by atoms with E-state index in [1.165, 1.54) is 0 Å². The average molecular weight is 272 g/mol. The molecule has 1 aromatic carbocycles. The minimum absolute atomic E-state index is 0.111. The van der Waals surface area contributed by atoms with E-state index in [2.05, 4.69) is 10.6 Å². The van der Waals surface area contributed by atoms with E-state index < -0.39 is 23.7 Å². The van der Waals surface area contributed by atoms with Crippen LogP contribution in [0.4, 0.5) is 19.3 Å². The number of rotatable bonds is 5. The summed E-state index contributed by atoms with van der Waals surface area (Å²) in [6.45, 7) is 3.72. The topological polar surface area (TPSA) is 61.4 Å². The maximum Gasteiger partial charge on any atom is 0.319 e. The molecule has 0 radical (unpaired) electrons. The quantitative estimate of drug-likeness (QED) is 0.771. The number of benzene rings is 1. The predicted molar refractivity (Wildman–Crippen MR) is 68.8 cm³/mol. The van der Waals surface area contributed by atoms with Gasteiger partial charge in [-0.25, -0.2) is 13.6 Å². The molecular weight excluding hydrogens is 254 g/mol. The Hall–Kier alpha value is -1.69. The molecule has 0 spiro atoms. The third-order valence-corrected chi connectivity index (χ3v) is 2.49. The van der Waals surface area contributed by atoms with E-state index in [4.69, 9.17) is 5.11 Å². The molecule has 19 heavy (non-hydrogen) atoms. The van der Waals surface area contributed by atoms with Crippen LogP contribution in [-0.4, -0.2) is 23.8 Å². The van der Waals surface area contributed by atoms with E-state index in [0.717, 1.165) is 12.1 Å². The highest BCUT2D eigenvalue weighted by Gasteiger charge is 2.14. The number of urea groups is 1. The molecule has 1 unspecified atom stereocenters. The van der Waals surface area contributed by atoms with Crippen molar-refractivity contribution in [3.8, 4) is 0 Å². The second kappa shape index (κ2) is 7.04. The Labute approximate surface area is 110 Å². The maximum absolute atomic E-state index is 13.3. The highest BCUT2D eigenvalue weighted by molar-refractivity contribution is 5.89. The molecule has 0 saturated carbocycles. The molecule has 2 amide bonds. The Balaban J connectivity index is 2.59. The minimum atomic E-state index is -0.848. The van der Waals surface area contributed by atoms with Crippen LogP contribution in [0.15, 0.2) is 18.2 Å². The first kappa shape index (κ1) is 15.4. The first-order valence-corrected chi connectivity index (χ1v) is 6.05. The van der Waals surface area contributed by atoms with Crippen LogP contribution in [0.25, 0.3) is 0 Å². The SMILES string of the molecule is CC(C)CC(CO)NC(=O)Nc1ccc(F)cc1F. The molecule has 0 heterocycles. The molecule has 3 N–H and O–H groups in total. The van der Waals surface area contributed by atoms with Gasteiger partial charge in [-0.2, -0.15) is 0 Å². The fraction of sp³-hybridized carbons (Fsp3) is 0.462. The summed E-state index contributed by atoms with van der Waals surface area (Å²) < 4.78 is 26.0. The fourth-order valence-corrected chi connectivity index (χ4v) is 1.68. The van der Waals surface area contributed by atoms with Crippen LogP contribution in [0.3, 0.4) is 0 Å². The van der Waals surface area contributed by atoms with Gasteiger partial charge in [-0.05, 0) is 24.5 Å². The second-order valence-corrected chi connectivity index (χ2v) is 4.73. The summed E-state index contributed by atoms with van der Waals surface area (Å²) in [5, 5.41) is 13.9. The largest absolute Gasteiger partial charge is 0.394 e. The van der Waals surface area contributed by atoms with Gasteiger partial charge in [0.25, 0.3) is 0 Å². The smallest absolute Gasteiger partial charge is 0.319 e. The Kier molecular flexibility index (Phi) is 5.69. The number of hydrogen-bond donors (Lipinski definition) is 3. The molecular formula is C13H18F2N2O2. The molecule has 6 heteroatoms. The number of hydrogen-bond acceptors (Lipinski definition) is 2. The number of amides is 2. The van der Waals surface area contributed by atoms with Crippen molar-refractivity contribution in [1.29, 1.82) is 0 Å². The van der Waals surface area contributed by atoms with Crippen LogP contribution in [0.2, 0.25) is 0 Å². The average Bonchev–Trinajstić information content (AvgIpc) is 2.31. The summed E-state index contributed by atoms with van der Waals surface area (Å²) in [6, 6.07) is 1.85. The lowest BCUT2D eigenvalue weighted by molar-refractivity contribution is 0.214. The van der Waals surface area contributed by atoms with E-state index in [9.17, 15) is 13.6 Å². The fourth-order valence-electron chi connectivity index (χ4n) is 1.68. The van der Waals surface area contributed by atoms with Gasteiger partial charge in [0.1, 0.15) is 11.6 Å². The van der Waals surface area contributed by atoms with E-state index in [-0.39, 0.29) is 12.3 Å². The van der Waals surface area contributed by atoms with Crippen molar-refractivity contribution in [2.75, 3.05) is 11.9 Å². The summed E-state index contributed by atoms with van der Waals surface area (Å²) in [5.41, 5.74) is -0.111. The van der Waals surface area contributed by atoms with Crippen molar-refractivity contribution in [3.05, 3.63) is 29.8 Å². The van der Waals surface area contributed by atoms with Gasteiger partial charge in [-0.15, -0.1) is 0 Å². The first-order valence-electron chi connectivity index (χ1n) is 6.05. The first-order chi connectivity index (χ1) is 8.92. The van der Waals surface area contributed by atoms with Gasteiger partial charge in [-0.3, -0.25) is 0 Å². The lowest BCUT2D eigenvalue weighted by Gasteiger charge is -2.18. The molecule has 0 aliphatic heterocycles. The van der Waals surface area contributed by atoms with Gasteiger partial charge >= 0.3 is 6.03 Å². The molecule has 1 atom stereocenters. The van der Waals surface area contributed by atoms with Crippen LogP contribution in [-0.2, 0) is 0 Å². The normalized spacial score (nSPS) is 12.3. The van der Waals surface area contributed by atoms with Gasteiger partial charge in [-0.1, -0.05) is 13.8 Å². The van der Waals surface area contributed by atoms with E-state index >= 15 is 0 Å². The Bertz CT molecular complexity index is 439. The molecule has 106 valence electrons. The third-order valence-electron chi connectivity index (χ3n) is 2.49. The predicted octanol–water partition coefficient (Wildman–Crippen LogP) is 2.49. The molecule has 0 saturated heterocycles. The number of nitrogens with one attached hydrogen (secondary N) is 2. The Morgan fingerprint density at radius 2 is 2.05 bits per heavy atom. The molecule has 0 aliphatic rings. The summed E-state index contributed by atoms with van der Waals surface area (Å²) in [5.74, 6) is -1.25. The van der Waals surface area contributed by atoms with Gasteiger partial charge in [0.2, 0.25) is 0 Å². The number of carbonyl (C=O) groups is 1. The van der Waals surface area contributed by atoms with Crippen LogP contribution in [0.5, 0.6) is 0 Å². The molecule has 1 aromatic rings. The summed E-state index contributed by atoms with van der Waals surface area (Å²) in [6.07, 6.45) is 0.607. The number of halogens is 2. The van der Waals surface area contributed by atoms with Crippen LogP contribution >= 0.6 is 0 Å². The van der Waals surface area contributed by atoms with E-state index in [0.29, 0.717) is 18.4 Å². The lowest BCUT2D eigenvalue weighted by Crippen LogP contribution is -2.41. The molecule has 0 bridgehead atoms. The monoisotopic (exact) mass is 272 g/mol. The number of aliphatic hydroxyl groups excluding tert-OH is 1. The van der Waals surface area contributed by atoms with Crippen molar-refractivity contribution in [2.45, 2.75) is 26.3 Å². The Morgan fingerprint density at radius 1 is 1.37 bits per heavy atom. The number of anilines is 1. The Morgan fingerprint density at radius 3 is 2.58 bits per heavy atom.